The van der Waals surface area contributed by atoms with Gasteiger partial charge in [-0.3, -0.25) is 4.79 Å². The minimum absolute atomic E-state index is 0.0463. The summed E-state index contributed by atoms with van der Waals surface area (Å²) in [6.07, 6.45) is 0. The predicted octanol–water partition coefficient (Wildman–Crippen LogP) is 2.15. The first-order chi connectivity index (χ1) is 10.3. The maximum atomic E-state index is 12.4. The van der Waals surface area contributed by atoms with E-state index < -0.39 is 0 Å². The Morgan fingerprint density at radius 2 is 2.00 bits per heavy atom. The summed E-state index contributed by atoms with van der Waals surface area (Å²) in [5.74, 6) is 0.816. The van der Waals surface area contributed by atoms with E-state index in [4.69, 9.17) is 4.74 Å². The van der Waals surface area contributed by atoms with Crippen LogP contribution in [0.3, 0.4) is 0 Å². The summed E-state index contributed by atoms with van der Waals surface area (Å²) in [6, 6.07) is 13.7. The monoisotopic (exact) mass is 280 g/mol. The quantitative estimate of drug-likeness (QED) is 0.886. The normalized spacial score (nSPS) is 18.8. The van der Waals surface area contributed by atoms with Crippen LogP contribution >= 0.6 is 0 Å². The first-order valence-corrected chi connectivity index (χ1v) is 7.16. The minimum atomic E-state index is -0.0694. The number of rotatable bonds is 2. The molecule has 2 aromatic carbocycles. The summed E-state index contributed by atoms with van der Waals surface area (Å²) in [7, 11) is 0. The lowest BCUT2D eigenvalue weighted by Gasteiger charge is -2.12. The van der Waals surface area contributed by atoms with Crippen molar-refractivity contribution in [2.75, 3.05) is 6.61 Å². The Hall–Kier alpha value is -2.33. The van der Waals surface area contributed by atoms with Gasteiger partial charge >= 0.3 is 0 Å². The Morgan fingerprint density at radius 3 is 2.95 bits per heavy atom. The molecule has 4 heteroatoms. The summed E-state index contributed by atoms with van der Waals surface area (Å²) in [5, 5.41) is 6.35. The van der Waals surface area contributed by atoms with Gasteiger partial charge in [0.2, 0.25) is 0 Å². The average Bonchev–Trinajstić information content (AvgIpc) is 3.13. The number of hydrogen-bond acceptors (Lipinski definition) is 3. The zero-order valence-electron chi connectivity index (χ0n) is 11.6. The third-order valence-corrected chi connectivity index (χ3v) is 4.10. The van der Waals surface area contributed by atoms with E-state index >= 15 is 0 Å². The van der Waals surface area contributed by atoms with Gasteiger partial charge in [-0.2, -0.15) is 0 Å². The van der Waals surface area contributed by atoms with E-state index in [9.17, 15) is 4.79 Å². The molecule has 2 N–H and O–H groups in total. The third kappa shape index (κ3) is 2.17. The highest BCUT2D eigenvalue weighted by Gasteiger charge is 2.25. The number of hydrogen-bond donors (Lipinski definition) is 2. The van der Waals surface area contributed by atoms with Crippen LogP contribution in [0.2, 0.25) is 0 Å². The fourth-order valence-electron chi connectivity index (χ4n) is 2.96. The smallest absolute Gasteiger partial charge is 0.251 e. The molecule has 4 nitrogen and oxygen atoms in total. The van der Waals surface area contributed by atoms with Crippen LogP contribution in [0, 0.1) is 0 Å². The van der Waals surface area contributed by atoms with Crippen molar-refractivity contribution in [2.45, 2.75) is 19.1 Å². The van der Waals surface area contributed by atoms with Crippen molar-refractivity contribution in [3.8, 4) is 5.75 Å². The number of fused-ring (bicyclic) bond motifs is 2. The molecule has 21 heavy (non-hydrogen) atoms. The molecular formula is C17H16N2O2. The SMILES string of the molecule is O=C(NC1COc2ccccc21)c1ccc2c(c1)CNC2. The maximum absolute atomic E-state index is 12.4. The summed E-state index contributed by atoms with van der Waals surface area (Å²) < 4.78 is 5.60. The van der Waals surface area contributed by atoms with E-state index in [1.807, 2.05) is 42.5 Å². The number of amides is 1. The molecule has 0 spiro atoms. The van der Waals surface area contributed by atoms with Gasteiger partial charge < -0.3 is 15.4 Å². The lowest BCUT2D eigenvalue weighted by atomic mass is 10.0. The molecule has 0 saturated carbocycles. The Labute approximate surface area is 123 Å². The molecule has 0 aromatic heterocycles. The van der Waals surface area contributed by atoms with Crippen LogP contribution in [-0.4, -0.2) is 12.5 Å². The van der Waals surface area contributed by atoms with Crippen molar-refractivity contribution in [3.63, 3.8) is 0 Å². The summed E-state index contributed by atoms with van der Waals surface area (Å²) >= 11 is 0. The van der Waals surface area contributed by atoms with Crippen molar-refractivity contribution >= 4 is 5.91 Å². The Bertz CT molecular complexity index is 712. The van der Waals surface area contributed by atoms with Gasteiger partial charge in [0.05, 0.1) is 6.04 Å². The van der Waals surface area contributed by atoms with Gasteiger partial charge in [-0.25, -0.2) is 0 Å². The van der Waals surface area contributed by atoms with Gasteiger partial charge in [-0.1, -0.05) is 24.3 Å². The number of nitrogens with one attached hydrogen (secondary N) is 2. The average molecular weight is 280 g/mol. The number of carbonyl (C=O) groups excluding carboxylic acids is 1. The van der Waals surface area contributed by atoms with Crippen LogP contribution in [0.15, 0.2) is 42.5 Å². The zero-order valence-corrected chi connectivity index (χ0v) is 11.6. The largest absolute Gasteiger partial charge is 0.491 e. The van der Waals surface area contributed by atoms with Crippen LogP contribution in [0.25, 0.3) is 0 Å². The molecule has 0 radical (unpaired) electrons. The number of ether oxygens (including phenoxy) is 1. The van der Waals surface area contributed by atoms with Gasteiger partial charge in [-0.15, -0.1) is 0 Å². The molecule has 1 atom stereocenters. The molecule has 0 fully saturated rings. The predicted molar refractivity (Wildman–Crippen MR) is 79.1 cm³/mol. The van der Waals surface area contributed by atoms with Crippen molar-refractivity contribution < 1.29 is 9.53 Å². The fraction of sp³-hybridized carbons (Fsp3) is 0.235. The van der Waals surface area contributed by atoms with Gasteiger partial charge in [0.15, 0.2) is 0 Å². The van der Waals surface area contributed by atoms with E-state index in [1.54, 1.807) is 0 Å². The Morgan fingerprint density at radius 1 is 1.14 bits per heavy atom. The second kappa shape index (κ2) is 4.90. The standard InChI is InChI=1S/C17H16N2O2/c20-17(11-5-6-12-8-18-9-13(12)7-11)19-15-10-21-16-4-2-1-3-14(15)16/h1-7,15,18H,8-10H2,(H,19,20). The molecule has 2 aliphatic heterocycles. The van der Waals surface area contributed by atoms with E-state index in [0.717, 1.165) is 24.4 Å². The molecule has 1 amide bonds. The molecule has 0 aliphatic carbocycles. The van der Waals surface area contributed by atoms with Crippen LogP contribution in [0.4, 0.5) is 0 Å². The van der Waals surface area contributed by atoms with Gasteiger partial charge in [0.1, 0.15) is 12.4 Å². The summed E-state index contributed by atoms with van der Waals surface area (Å²) in [4.78, 5) is 12.4. The number of benzene rings is 2. The second-order valence-electron chi connectivity index (χ2n) is 5.46. The molecule has 106 valence electrons. The topological polar surface area (TPSA) is 50.4 Å². The van der Waals surface area contributed by atoms with Crippen LogP contribution in [-0.2, 0) is 13.1 Å². The lowest BCUT2D eigenvalue weighted by molar-refractivity contribution is 0.0930. The van der Waals surface area contributed by atoms with Crippen molar-refractivity contribution in [3.05, 3.63) is 64.7 Å². The maximum Gasteiger partial charge on any atom is 0.251 e. The van der Waals surface area contributed by atoms with E-state index in [1.165, 1.54) is 11.1 Å². The highest BCUT2D eigenvalue weighted by Crippen LogP contribution is 2.31. The fourth-order valence-corrected chi connectivity index (χ4v) is 2.96. The van der Waals surface area contributed by atoms with E-state index in [2.05, 4.69) is 10.6 Å². The third-order valence-electron chi connectivity index (χ3n) is 4.10. The van der Waals surface area contributed by atoms with Gasteiger partial charge in [0, 0.05) is 24.2 Å². The minimum Gasteiger partial charge on any atom is -0.491 e. The molecular weight excluding hydrogens is 264 g/mol. The highest BCUT2D eigenvalue weighted by molar-refractivity contribution is 5.94. The van der Waals surface area contributed by atoms with Crippen molar-refractivity contribution in [1.82, 2.24) is 10.6 Å². The molecule has 2 aromatic rings. The molecule has 1 unspecified atom stereocenters. The van der Waals surface area contributed by atoms with Crippen molar-refractivity contribution in [1.29, 1.82) is 0 Å². The second-order valence-corrected chi connectivity index (χ2v) is 5.46. The molecule has 0 saturated heterocycles. The molecule has 2 heterocycles. The van der Waals surface area contributed by atoms with Gasteiger partial charge in [0.25, 0.3) is 5.91 Å². The number of carbonyl (C=O) groups is 1. The van der Waals surface area contributed by atoms with Gasteiger partial charge in [-0.05, 0) is 29.3 Å². The number of para-hydroxylation sites is 1. The van der Waals surface area contributed by atoms with Crippen LogP contribution in [0.5, 0.6) is 5.75 Å². The molecule has 2 aliphatic rings. The first kappa shape index (κ1) is 12.4. The summed E-state index contributed by atoms with van der Waals surface area (Å²) in [5.41, 5.74) is 4.25. The zero-order chi connectivity index (χ0) is 14.2. The Balaban J connectivity index is 1.54. The Kier molecular flexibility index (Phi) is 2.89. The van der Waals surface area contributed by atoms with E-state index in [-0.39, 0.29) is 11.9 Å². The van der Waals surface area contributed by atoms with Crippen LogP contribution < -0.4 is 15.4 Å². The first-order valence-electron chi connectivity index (χ1n) is 7.16. The summed E-state index contributed by atoms with van der Waals surface area (Å²) in [6.45, 7) is 2.23. The molecule has 0 bridgehead atoms. The molecule has 4 rings (SSSR count). The van der Waals surface area contributed by atoms with E-state index in [0.29, 0.717) is 12.2 Å². The van der Waals surface area contributed by atoms with Crippen LogP contribution in [0.1, 0.15) is 33.1 Å². The highest BCUT2D eigenvalue weighted by atomic mass is 16.5. The van der Waals surface area contributed by atoms with Crippen molar-refractivity contribution in [2.24, 2.45) is 0 Å². The lowest BCUT2D eigenvalue weighted by Crippen LogP contribution is -2.29.